The van der Waals surface area contributed by atoms with Crippen molar-refractivity contribution in [2.24, 2.45) is 0 Å². The van der Waals surface area contributed by atoms with Gasteiger partial charge in [-0.2, -0.15) is 0 Å². The highest BCUT2D eigenvalue weighted by Gasteiger charge is 2.15. The van der Waals surface area contributed by atoms with Gasteiger partial charge in [0.1, 0.15) is 23.0 Å². The minimum absolute atomic E-state index is 0.00176. The first-order valence-electron chi connectivity index (χ1n) is 5.05. The second kappa shape index (κ2) is 4.88. The Morgan fingerprint density at radius 1 is 1.44 bits per heavy atom. The van der Waals surface area contributed by atoms with Crippen molar-refractivity contribution in [2.45, 2.75) is 26.7 Å². The fourth-order valence-corrected chi connectivity index (χ4v) is 1.54. The molecule has 0 bridgehead atoms. The maximum Gasteiger partial charge on any atom is 0.130 e. The van der Waals surface area contributed by atoms with Crippen LogP contribution in [0.5, 0.6) is 17.2 Å². The number of methoxy groups -OCH3 is 1. The maximum absolute atomic E-state index is 10.9. The van der Waals surface area contributed by atoms with E-state index in [1.165, 1.54) is 20.1 Å². The van der Waals surface area contributed by atoms with Crippen LogP contribution in [0.2, 0.25) is 0 Å². The van der Waals surface area contributed by atoms with Crippen molar-refractivity contribution >= 4 is 5.78 Å². The van der Waals surface area contributed by atoms with E-state index in [4.69, 9.17) is 4.74 Å². The van der Waals surface area contributed by atoms with Gasteiger partial charge in [-0.1, -0.05) is 0 Å². The fourth-order valence-electron chi connectivity index (χ4n) is 1.54. The van der Waals surface area contributed by atoms with Crippen LogP contribution >= 0.6 is 0 Å². The standard InChI is InChI=1S/C12H16O4/c1-7(13)4-5-9-10(14)6-11(16-3)8(2)12(9)15/h6,14-15H,4-5H2,1-3H3. The Kier molecular flexibility index (Phi) is 3.77. The van der Waals surface area contributed by atoms with E-state index in [0.717, 1.165) is 0 Å². The summed E-state index contributed by atoms with van der Waals surface area (Å²) in [6, 6.07) is 1.45. The molecular weight excluding hydrogens is 208 g/mol. The molecule has 0 saturated carbocycles. The number of hydrogen-bond acceptors (Lipinski definition) is 4. The van der Waals surface area contributed by atoms with Gasteiger partial charge in [0.05, 0.1) is 7.11 Å². The van der Waals surface area contributed by atoms with Gasteiger partial charge in [-0.25, -0.2) is 0 Å². The summed E-state index contributed by atoms with van der Waals surface area (Å²) >= 11 is 0. The lowest BCUT2D eigenvalue weighted by Gasteiger charge is -2.12. The summed E-state index contributed by atoms with van der Waals surface area (Å²) in [5, 5.41) is 19.5. The van der Waals surface area contributed by atoms with Crippen LogP contribution in [-0.2, 0) is 11.2 Å². The molecule has 0 aliphatic carbocycles. The molecule has 2 N–H and O–H groups in total. The van der Waals surface area contributed by atoms with Gasteiger partial charge in [0, 0.05) is 23.6 Å². The van der Waals surface area contributed by atoms with Gasteiger partial charge < -0.3 is 19.7 Å². The van der Waals surface area contributed by atoms with Crippen LogP contribution in [0.15, 0.2) is 6.07 Å². The number of aromatic hydroxyl groups is 2. The molecule has 0 atom stereocenters. The van der Waals surface area contributed by atoms with Crippen LogP contribution in [0.1, 0.15) is 24.5 Å². The lowest BCUT2D eigenvalue weighted by molar-refractivity contribution is -0.116. The van der Waals surface area contributed by atoms with E-state index in [2.05, 4.69) is 0 Å². The first-order valence-corrected chi connectivity index (χ1v) is 5.05. The van der Waals surface area contributed by atoms with Crippen LogP contribution in [0.25, 0.3) is 0 Å². The number of carbonyl (C=O) groups is 1. The van der Waals surface area contributed by atoms with Gasteiger partial charge in [-0.15, -0.1) is 0 Å². The molecule has 0 radical (unpaired) electrons. The Bertz CT molecular complexity index is 410. The highest BCUT2D eigenvalue weighted by Crippen LogP contribution is 2.37. The Labute approximate surface area is 94.5 Å². The third kappa shape index (κ3) is 2.45. The SMILES string of the molecule is COc1cc(O)c(CCC(C)=O)c(O)c1C. The summed E-state index contributed by atoms with van der Waals surface area (Å²) in [7, 11) is 1.47. The molecule has 0 aromatic heterocycles. The molecule has 0 fully saturated rings. The zero-order valence-corrected chi connectivity index (χ0v) is 9.70. The molecule has 0 aliphatic rings. The van der Waals surface area contributed by atoms with Gasteiger partial charge >= 0.3 is 0 Å². The molecule has 0 spiro atoms. The number of ketones is 1. The summed E-state index contributed by atoms with van der Waals surface area (Å²) < 4.78 is 5.00. The highest BCUT2D eigenvalue weighted by atomic mass is 16.5. The number of Topliss-reactive ketones (excluding diaryl/α,β-unsaturated/α-hetero) is 1. The highest BCUT2D eigenvalue weighted by molar-refractivity contribution is 5.76. The van der Waals surface area contributed by atoms with Crippen molar-refractivity contribution in [2.75, 3.05) is 7.11 Å². The molecule has 16 heavy (non-hydrogen) atoms. The first kappa shape index (κ1) is 12.4. The number of carbonyl (C=O) groups excluding carboxylic acids is 1. The zero-order chi connectivity index (χ0) is 12.3. The van der Waals surface area contributed by atoms with Crippen molar-refractivity contribution in [3.05, 3.63) is 17.2 Å². The smallest absolute Gasteiger partial charge is 0.130 e. The maximum atomic E-state index is 10.9. The van der Waals surface area contributed by atoms with Crippen molar-refractivity contribution in [3.63, 3.8) is 0 Å². The number of benzene rings is 1. The number of phenols is 2. The van der Waals surface area contributed by atoms with Gasteiger partial charge in [-0.05, 0) is 20.3 Å². The van der Waals surface area contributed by atoms with Crippen molar-refractivity contribution in [1.82, 2.24) is 0 Å². The fraction of sp³-hybridized carbons (Fsp3) is 0.417. The van der Waals surface area contributed by atoms with Crippen molar-refractivity contribution in [1.29, 1.82) is 0 Å². The summed E-state index contributed by atoms with van der Waals surface area (Å²) in [5.74, 6) is 0.410. The summed E-state index contributed by atoms with van der Waals surface area (Å²) in [6.45, 7) is 3.18. The second-order valence-corrected chi connectivity index (χ2v) is 3.75. The van der Waals surface area contributed by atoms with Gasteiger partial charge in [0.2, 0.25) is 0 Å². The van der Waals surface area contributed by atoms with E-state index in [1.54, 1.807) is 6.92 Å². The molecule has 1 aromatic carbocycles. The number of rotatable bonds is 4. The van der Waals surface area contributed by atoms with Crippen LogP contribution in [0.4, 0.5) is 0 Å². The number of hydrogen-bond donors (Lipinski definition) is 2. The zero-order valence-electron chi connectivity index (χ0n) is 9.70. The average molecular weight is 224 g/mol. The number of phenolic OH excluding ortho intramolecular Hbond substituents is 2. The molecule has 4 nitrogen and oxygen atoms in total. The molecule has 88 valence electrons. The first-order chi connectivity index (χ1) is 7.47. The lowest BCUT2D eigenvalue weighted by atomic mass is 10.0. The van der Waals surface area contributed by atoms with Crippen LogP contribution < -0.4 is 4.74 Å². The minimum Gasteiger partial charge on any atom is -0.507 e. The Morgan fingerprint density at radius 3 is 2.56 bits per heavy atom. The van der Waals surface area contributed by atoms with Crippen molar-refractivity contribution in [3.8, 4) is 17.2 Å². The predicted octanol–water partition coefficient (Wildman–Crippen LogP) is 1.94. The van der Waals surface area contributed by atoms with Gasteiger partial charge in [0.25, 0.3) is 0 Å². The molecule has 4 heteroatoms. The molecule has 0 unspecified atom stereocenters. The quantitative estimate of drug-likeness (QED) is 0.820. The molecule has 0 aliphatic heterocycles. The molecule has 0 amide bonds. The topological polar surface area (TPSA) is 66.8 Å². The van der Waals surface area contributed by atoms with Crippen LogP contribution in [0.3, 0.4) is 0 Å². The number of ether oxygens (including phenoxy) is 1. The average Bonchev–Trinajstić information content (AvgIpc) is 2.22. The van der Waals surface area contributed by atoms with E-state index in [-0.39, 0.29) is 17.3 Å². The Hall–Kier alpha value is -1.71. The minimum atomic E-state index is -0.0406. The lowest BCUT2D eigenvalue weighted by Crippen LogP contribution is -1.97. The molecule has 1 aromatic rings. The molecular formula is C12H16O4. The van der Waals surface area contributed by atoms with Crippen LogP contribution in [0, 0.1) is 6.92 Å². The van der Waals surface area contributed by atoms with E-state index in [9.17, 15) is 15.0 Å². The van der Waals surface area contributed by atoms with Crippen molar-refractivity contribution < 1.29 is 19.7 Å². The third-order valence-corrected chi connectivity index (χ3v) is 2.53. The van der Waals surface area contributed by atoms with E-state index < -0.39 is 0 Å². The summed E-state index contributed by atoms with van der Waals surface area (Å²) in [5.41, 5.74) is 0.965. The Morgan fingerprint density at radius 2 is 2.06 bits per heavy atom. The largest absolute Gasteiger partial charge is 0.507 e. The molecule has 0 heterocycles. The van der Waals surface area contributed by atoms with Gasteiger partial charge in [-0.3, -0.25) is 0 Å². The molecule has 0 saturated heterocycles. The normalized spacial score (nSPS) is 10.2. The third-order valence-electron chi connectivity index (χ3n) is 2.53. The summed E-state index contributed by atoms with van der Waals surface area (Å²) in [6.07, 6.45) is 0.630. The second-order valence-electron chi connectivity index (χ2n) is 3.75. The van der Waals surface area contributed by atoms with E-state index >= 15 is 0 Å². The summed E-state index contributed by atoms with van der Waals surface area (Å²) in [4.78, 5) is 10.9. The van der Waals surface area contributed by atoms with E-state index in [0.29, 0.717) is 29.7 Å². The predicted molar refractivity (Wildman–Crippen MR) is 60.1 cm³/mol. The monoisotopic (exact) mass is 224 g/mol. The Balaban J connectivity index is 3.10. The van der Waals surface area contributed by atoms with E-state index in [1.807, 2.05) is 0 Å². The molecule has 1 rings (SSSR count). The van der Waals surface area contributed by atoms with Crippen LogP contribution in [-0.4, -0.2) is 23.1 Å². The van der Waals surface area contributed by atoms with Gasteiger partial charge in [0.15, 0.2) is 0 Å².